The van der Waals surface area contributed by atoms with Crippen LogP contribution in [-0.4, -0.2) is 26.7 Å². The molecule has 22 heavy (non-hydrogen) atoms. The zero-order valence-corrected chi connectivity index (χ0v) is 13.8. The first-order valence-corrected chi connectivity index (χ1v) is 7.32. The molecule has 0 unspecified atom stereocenters. The quantitative estimate of drug-likeness (QED) is 0.851. The summed E-state index contributed by atoms with van der Waals surface area (Å²) in [5.41, 5.74) is 0.698. The van der Waals surface area contributed by atoms with Crippen LogP contribution in [0.5, 0.6) is 17.2 Å². The first-order chi connectivity index (χ1) is 10.6. The maximum absolute atomic E-state index is 11.9. The van der Waals surface area contributed by atoms with Crippen LogP contribution in [0.1, 0.15) is 0 Å². The maximum Gasteiger partial charge on any atom is 0.262 e. The van der Waals surface area contributed by atoms with Crippen LogP contribution in [0.3, 0.4) is 0 Å². The van der Waals surface area contributed by atoms with Crippen molar-refractivity contribution >= 4 is 27.5 Å². The number of hydrogen-bond donors (Lipinski definition) is 1. The highest BCUT2D eigenvalue weighted by molar-refractivity contribution is 9.10. The zero-order chi connectivity index (χ0) is 15.9. The van der Waals surface area contributed by atoms with Gasteiger partial charge in [-0.2, -0.15) is 0 Å². The Hall–Kier alpha value is -2.21. The summed E-state index contributed by atoms with van der Waals surface area (Å²) in [4.78, 5) is 11.9. The van der Waals surface area contributed by atoms with Crippen molar-refractivity contribution in [1.82, 2.24) is 0 Å². The monoisotopic (exact) mass is 365 g/mol. The van der Waals surface area contributed by atoms with Crippen molar-refractivity contribution in [2.45, 2.75) is 0 Å². The fraction of sp³-hybridized carbons (Fsp3) is 0.188. The summed E-state index contributed by atoms with van der Waals surface area (Å²) in [6, 6.07) is 12.6. The zero-order valence-electron chi connectivity index (χ0n) is 12.3. The van der Waals surface area contributed by atoms with Crippen LogP contribution >= 0.6 is 15.9 Å². The highest BCUT2D eigenvalue weighted by Gasteiger charge is 2.13. The van der Waals surface area contributed by atoms with E-state index in [2.05, 4.69) is 21.2 Å². The summed E-state index contributed by atoms with van der Waals surface area (Å²) < 4.78 is 16.9. The normalized spacial score (nSPS) is 9.95. The van der Waals surface area contributed by atoms with Crippen molar-refractivity contribution in [3.63, 3.8) is 0 Å². The molecule has 2 aromatic carbocycles. The van der Waals surface area contributed by atoms with E-state index in [9.17, 15) is 4.79 Å². The Balaban J connectivity index is 2.00. The van der Waals surface area contributed by atoms with E-state index in [0.717, 1.165) is 4.47 Å². The molecular weight excluding hydrogens is 350 g/mol. The van der Waals surface area contributed by atoms with E-state index in [1.807, 2.05) is 12.1 Å². The maximum atomic E-state index is 11.9. The molecule has 0 saturated carbocycles. The second kappa shape index (κ2) is 7.70. The van der Waals surface area contributed by atoms with Gasteiger partial charge >= 0.3 is 0 Å². The number of amides is 1. The average molecular weight is 366 g/mol. The summed E-state index contributed by atoms with van der Waals surface area (Å²) in [6.45, 7) is -0.146. The fourth-order valence-electron chi connectivity index (χ4n) is 1.83. The predicted molar refractivity (Wildman–Crippen MR) is 87.8 cm³/mol. The second-order valence-corrected chi connectivity index (χ2v) is 5.25. The molecule has 2 aromatic rings. The molecule has 0 aliphatic rings. The van der Waals surface area contributed by atoms with Gasteiger partial charge in [0.15, 0.2) is 18.1 Å². The minimum absolute atomic E-state index is 0.146. The Labute approximate surface area is 137 Å². The average Bonchev–Trinajstić information content (AvgIpc) is 2.54. The van der Waals surface area contributed by atoms with Gasteiger partial charge in [-0.05, 0) is 36.4 Å². The van der Waals surface area contributed by atoms with E-state index in [1.165, 1.54) is 14.2 Å². The van der Waals surface area contributed by atoms with Crippen molar-refractivity contribution in [2.24, 2.45) is 0 Å². The van der Waals surface area contributed by atoms with Gasteiger partial charge in [-0.25, -0.2) is 0 Å². The lowest BCUT2D eigenvalue weighted by Crippen LogP contribution is -2.20. The fourth-order valence-corrected chi connectivity index (χ4v) is 2.09. The van der Waals surface area contributed by atoms with E-state index < -0.39 is 0 Å². The number of para-hydroxylation sites is 1. The minimum Gasteiger partial charge on any atom is -0.493 e. The first kappa shape index (κ1) is 16.2. The van der Waals surface area contributed by atoms with Crippen LogP contribution in [-0.2, 0) is 4.79 Å². The number of nitrogens with one attached hydrogen (secondary N) is 1. The topological polar surface area (TPSA) is 56.8 Å². The molecule has 0 bridgehead atoms. The largest absolute Gasteiger partial charge is 0.493 e. The van der Waals surface area contributed by atoms with E-state index in [4.69, 9.17) is 14.2 Å². The lowest BCUT2D eigenvalue weighted by atomic mass is 10.3. The molecule has 0 fully saturated rings. The predicted octanol–water partition coefficient (Wildman–Crippen LogP) is 3.48. The molecule has 1 N–H and O–H groups in total. The Morgan fingerprint density at radius 1 is 1.05 bits per heavy atom. The molecule has 0 atom stereocenters. The molecule has 0 aliphatic carbocycles. The molecule has 0 heterocycles. The molecule has 5 nitrogen and oxygen atoms in total. The van der Waals surface area contributed by atoms with Crippen molar-refractivity contribution in [1.29, 1.82) is 0 Å². The van der Waals surface area contributed by atoms with E-state index in [0.29, 0.717) is 22.9 Å². The Kier molecular flexibility index (Phi) is 5.66. The highest BCUT2D eigenvalue weighted by Crippen LogP contribution is 2.36. The number of carbonyl (C=O) groups is 1. The summed E-state index contributed by atoms with van der Waals surface area (Å²) in [7, 11) is 3.06. The van der Waals surface area contributed by atoms with Crippen LogP contribution in [0, 0.1) is 0 Å². The SMILES string of the molecule is COc1cccc(OC)c1OCC(=O)Nc1ccc(Br)cc1. The van der Waals surface area contributed by atoms with Crippen LogP contribution < -0.4 is 19.5 Å². The lowest BCUT2D eigenvalue weighted by molar-refractivity contribution is -0.118. The van der Waals surface area contributed by atoms with Gasteiger partial charge in [0, 0.05) is 10.2 Å². The van der Waals surface area contributed by atoms with E-state index in [1.54, 1.807) is 30.3 Å². The Morgan fingerprint density at radius 3 is 2.18 bits per heavy atom. The molecule has 0 aromatic heterocycles. The second-order valence-electron chi connectivity index (χ2n) is 4.34. The number of halogens is 1. The summed E-state index contributed by atoms with van der Waals surface area (Å²) >= 11 is 3.34. The minimum atomic E-state index is -0.268. The molecule has 6 heteroatoms. The van der Waals surface area contributed by atoms with Gasteiger partial charge in [0.1, 0.15) is 0 Å². The van der Waals surface area contributed by atoms with Crippen LogP contribution in [0.4, 0.5) is 5.69 Å². The first-order valence-electron chi connectivity index (χ1n) is 6.53. The third-order valence-corrected chi connectivity index (χ3v) is 3.39. The van der Waals surface area contributed by atoms with Crippen molar-refractivity contribution < 1.29 is 19.0 Å². The lowest BCUT2D eigenvalue weighted by Gasteiger charge is -2.14. The van der Waals surface area contributed by atoms with Crippen LogP contribution in [0.2, 0.25) is 0 Å². The number of rotatable bonds is 6. The Bertz CT molecular complexity index is 621. The van der Waals surface area contributed by atoms with Gasteiger partial charge in [-0.1, -0.05) is 22.0 Å². The number of anilines is 1. The van der Waals surface area contributed by atoms with Crippen LogP contribution in [0.15, 0.2) is 46.9 Å². The molecule has 0 radical (unpaired) electrons. The number of carbonyl (C=O) groups excluding carboxylic acids is 1. The molecule has 0 spiro atoms. The molecule has 116 valence electrons. The number of hydrogen-bond acceptors (Lipinski definition) is 4. The Morgan fingerprint density at radius 2 is 1.64 bits per heavy atom. The smallest absolute Gasteiger partial charge is 0.262 e. The molecule has 1 amide bonds. The van der Waals surface area contributed by atoms with Gasteiger partial charge in [0.2, 0.25) is 5.75 Å². The van der Waals surface area contributed by atoms with Crippen LogP contribution in [0.25, 0.3) is 0 Å². The van der Waals surface area contributed by atoms with Gasteiger partial charge in [-0.3, -0.25) is 4.79 Å². The van der Waals surface area contributed by atoms with E-state index >= 15 is 0 Å². The molecule has 0 saturated heterocycles. The van der Waals surface area contributed by atoms with Gasteiger partial charge in [0.05, 0.1) is 14.2 Å². The van der Waals surface area contributed by atoms with E-state index in [-0.39, 0.29) is 12.5 Å². The van der Waals surface area contributed by atoms with Gasteiger partial charge < -0.3 is 19.5 Å². The third-order valence-electron chi connectivity index (χ3n) is 2.86. The number of ether oxygens (including phenoxy) is 3. The summed E-state index contributed by atoms with van der Waals surface area (Å²) in [5, 5.41) is 2.75. The standard InChI is InChI=1S/C16H16BrNO4/c1-20-13-4-3-5-14(21-2)16(13)22-10-15(19)18-12-8-6-11(17)7-9-12/h3-9H,10H2,1-2H3,(H,18,19). The van der Waals surface area contributed by atoms with Crippen molar-refractivity contribution in [3.05, 3.63) is 46.9 Å². The van der Waals surface area contributed by atoms with Crippen molar-refractivity contribution in [3.8, 4) is 17.2 Å². The number of methoxy groups -OCH3 is 2. The van der Waals surface area contributed by atoms with Gasteiger partial charge in [0.25, 0.3) is 5.91 Å². The third kappa shape index (κ3) is 4.14. The van der Waals surface area contributed by atoms with Gasteiger partial charge in [-0.15, -0.1) is 0 Å². The molecule has 0 aliphatic heterocycles. The summed E-state index contributed by atoms with van der Waals surface area (Å²) in [6.07, 6.45) is 0. The summed E-state index contributed by atoms with van der Waals surface area (Å²) in [5.74, 6) is 1.15. The van der Waals surface area contributed by atoms with Crippen molar-refractivity contribution in [2.75, 3.05) is 26.1 Å². The highest BCUT2D eigenvalue weighted by atomic mass is 79.9. The molecule has 2 rings (SSSR count). The number of benzene rings is 2. The molecular formula is C16H16BrNO4.